The standard InChI is InChI=1S/C16H17FO/c1-3-12-5-7-13(8-6-12)16(18)14-10-11(2)4-9-15(14)17/h4-10,16,18H,3H2,1-2H3. The molecule has 0 aliphatic rings. The lowest BCUT2D eigenvalue weighted by Gasteiger charge is -2.13. The fourth-order valence-corrected chi connectivity index (χ4v) is 1.99. The number of benzene rings is 2. The second-order valence-electron chi connectivity index (χ2n) is 4.52. The van der Waals surface area contributed by atoms with Crippen LogP contribution in [0.2, 0.25) is 0 Å². The molecular formula is C16H17FO. The molecule has 2 heteroatoms. The molecule has 1 N–H and O–H groups in total. The first-order valence-corrected chi connectivity index (χ1v) is 6.14. The monoisotopic (exact) mass is 244 g/mol. The summed E-state index contributed by atoms with van der Waals surface area (Å²) in [5.74, 6) is -0.368. The van der Waals surface area contributed by atoms with Gasteiger partial charge < -0.3 is 5.11 Å². The Labute approximate surface area is 107 Å². The Morgan fingerprint density at radius 1 is 1.11 bits per heavy atom. The Morgan fingerprint density at radius 3 is 2.39 bits per heavy atom. The maximum atomic E-state index is 13.7. The van der Waals surface area contributed by atoms with Crippen molar-refractivity contribution in [2.75, 3.05) is 0 Å². The van der Waals surface area contributed by atoms with Crippen LogP contribution in [0, 0.1) is 12.7 Å². The Bertz CT molecular complexity index is 531. The van der Waals surface area contributed by atoms with Crippen LogP contribution >= 0.6 is 0 Å². The van der Waals surface area contributed by atoms with Crippen molar-refractivity contribution in [2.24, 2.45) is 0 Å². The molecule has 2 aromatic carbocycles. The van der Waals surface area contributed by atoms with E-state index in [1.165, 1.54) is 11.6 Å². The molecule has 0 radical (unpaired) electrons. The van der Waals surface area contributed by atoms with Crippen LogP contribution in [-0.4, -0.2) is 5.11 Å². The predicted octanol–water partition coefficient (Wildman–Crippen LogP) is 3.78. The number of halogens is 1. The highest BCUT2D eigenvalue weighted by atomic mass is 19.1. The van der Waals surface area contributed by atoms with Gasteiger partial charge in [0.25, 0.3) is 0 Å². The zero-order valence-electron chi connectivity index (χ0n) is 10.7. The summed E-state index contributed by atoms with van der Waals surface area (Å²) in [7, 11) is 0. The van der Waals surface area contributed by atoms with Crippen molar-refractivity contribution in [1.29, 1.82) is 0 Å². The van der Waals surface area contributed by atoms with E-state index in [-0.39, 0.29) is 5.82 Å². The molecule has 94 valence electrons. The molecule has 1 unspecified atom stereocenters. The van der Waals surface area contributed by atoms with Gasteiger partial charge in [-0.1, -0.05) is 48.9 Å². The van der Waals surface area contributed by atoms with Crippen molar-refractivity contribution in [3.8, 4) is 0 Å². The molecule has 1 atom stereocenters. The van der Waals surface area contributed by atoms with Crippen LogP contribution in [0.3, 0.4) is 0 Å². The lowest BCUT2D eigenvalue weighted by molar-refractivity contribution is 0.215. The van der Waals surface area contributed by atoms with Crippen molar-refractivity contribution in [3.63, 3.8) is 0 Å². The summed E-state index contributed by atoms with van der Waals surface area (Å²) in [5.41, 5.74) is 3.20. The normalized spacial score (nSPS) is 12.4. The maximum absolute atomic E-state index is 13.7. The van der Waals surface area contributed by atoms with Gasteiger partial charge in [-0.25, -0.2) is 4.39 Å². The molecule has 0 fully saturated rings. The van der Waals surface area contributed by atoms with Gasteiger partial charge in [-0.3, -0.25) is 0 Å². The lowest BCUT2D eigenvalue weighted by Crippen LogP contribution is -2.03. The minimum Gasteiger partial charge on any atom is -0.384 e. The number of aryl methyl sites for hydroxylation is 2. The summed E-state index contributed by atoms with van der Waals surface area (Å²) in [6.07, 6.45) is 0.0469. The van der Waals surface area contributed by atoms with Gasteiger partial charge in [0.15, 0.2) is 0 Å². The highest BCUT2D eigenvalue weighted by molar-refractivity contribution is 5.34. The summed E-state index contributed by atoms with van der Waals surface area (Å²) in [6.45, 7) is 3.96. The number of aliphatic hydroxyl groups is 1. The van der Waals surface area contributed by atoms with Gasteiger partial charge in [-0.05, 0) is 30.5 Å². The highest BCUT2D eigenvalue weighted by Gasteiger charge is 2.14. The molecule has 2 aromatic rings. The Morgan fingerprint density at radius 2 is 1.78 bits per heavy atom. The van der Waals surface area contributed by atoms with Crippen LogP contribution in [-0.2, 0) is 6.42 Å². The maximum Gasteiger partial charge on any atom is 0.129 e. The fraction of sp³-hybridized carbons (Fsp3) is 0.250. The summed E-state index contributed by atoms with van der Waals surface area (Å²) in [5, 5.41) is 10.2. The third-order valence-corrected chi connectivity index (χ3v) is 3.15. The molecule has 0 heterocycles. The van der Waals surface area contributed by atoms with Crippen LogP contribution in [0.1, 0.15) is 35.3 Å². The minimum absolute atomic E-state index is 0.333. The SMILES string of the molecule is CCc1ccc(C(O)c2cc(C)ccc2F)cc1. The van der Waals surface area contributed by atoms with Crippen molar-refractivity contribution < 1.29 is 9.50 Å². The van der Waals surface area contributed by atoms with E-state index >= 15 is 0 Å². The van der Waals surface area contributed by atoms with Crippen LogP contribution in [0.5, 0.6) is 0 Å². The first kappa shape index (κ1) is 12.8. The average molecular weight is 244 g/mol. The van der Waals surface area contributed by atoms with Crippen molar-refractivity contribution in [3.05, 3.63) is 70.5 Å². The first-order chi connectivity index (χ1) is 8.61. The molecule has 0 aromatic heterocycles. The quantitative estimate of drug-likeness (QED) is 0.871. The zero-order chi connectivity index (χ0) is 13.1. The average Bonchev–Trinajstić information content (AvgIpc) is 2.41. The molecule has 0 bridgehead atoms. The van der Waals surface area contributed by atoms with Crippen LogP contribution < -0.4 is 0 Å². The van der Waals surface area contributed by atoms with Gasteiger partial charge in [-0.2, -0.15) is 0 Å². The van der Waals surface area contributed by atoms with E-state index in [4.69, 9.17) is 0 Å². The van der Waals surface area contributed by atoms with E-state index in [1.807, 2.05) is 31.2 Å². The highest BCUT2D eigenvalue weighted by Crippen LogP contribution is 2.25. The summed E-state index contributed by atoms with van der Waals surface area (Å²) >= 11 is 0. The Balaban J connectivity index is 2.34. The van der Waals surface area contributed by atoms with Gasteiger partial charge in [0.2, 0.25) is 0 Å². The van der Waals surface area contributed by atoms with Crippen LogP contribution in [0.15, 0.2) is 42.5 Å². The van der Waals surface area contributed by atoms with Crippen molar-refractivity contribution in [2.45, 2.75) is 26.4 Å². The summed E-state index contributed by atoms with van der Waals surface area (Å²) < 4.78 is 13.7. The van der Waals surface area contributed by atoms with Gasteiger partial charge in [0.1, 0.15) is 11.9 Å². The Kier molecular flexibility index (Phi) is 3.78. The minimum atomic E-state index is -0.907. The fourth-order valence-electron chi connectivity index (χ4n) is 1.99. The third kappa shape index (κ3) is 2.59. The summed E-state index contributed by atoms with van der Waals surface area (Å²) in [6, 6.07) is 12.4. The largest absolute Gasteiger partial charge is 0.384 e. The zero-order valence-corrected chi connectivity index (χ0v) is 10.7. The molecule has 18 heavy (non-hydrogen) atoms. The molecule has 0 saturated carbocycles. The van der Waals surface area contributed by atoms with E-state index in [2.05, 4.69) is 6.92 Å². The molecule has 0 saturated heterocycles. The van der Waals surface area contributed by atoms with Crippen LogP contribution in [0.4, 0.5) is 4.39 Å². The van der Waals surface area contributed by atoms with Gasteiger partial charge in [0.05, 0.1) is 0 Å². The number of aliphatic hydroxyl groups excluding tert-OH is 1. The van der Waals surface area contributed by atoms with Crippen LogP contribution in [0.25, 0.3) is 0 Å². The molecule has 0 aliphatic carbocycles. The smallest absolute Gasteiger partial charge is 0.129 e. The van der Waals surface area contributed by atoms with Crippen molar-refractivity contribution in [1.82, 2.24) is 0 Å². The van der Waals surface area contributed by atoms with Gasteiger partial charge in [0, 0.05) is 5.56 Å². The Hall–Kier alpha value is -1.67. The van der Waals surface area contributed by atoms with E-state index in [1.54, 1.807) is 12.1 Å². The second kappa shape index (κ2) is 5.32. The molecule has 0 amide bonds. The third-order valence-electron chi connectivity index (χ3n) is 3.15. The van der Waals surface area contributed by atoms with E-state index in [0.29, 0.717) is 5.56 Å². The second-order valence-corrected chi connectivity index (χ2v) is 4.52. The lowest BCUT2D eigenvalue weighted by atomic mass is 9.98. The predicted molar refractivity (Wildman–Crippen MR) is 71.0 cm³/mol. The molecule has 2 rings (SSSR count). The van der Waals surface area contributed by atoms with E-state index in [0.717, 1.165) is 17.5 Å². The topological polar surface area (TPSA) is 20.2 Å². The summed E-state index contributed by atoms with van der Waals surface area (Å²) in [4.78, 5) is 0. The molecule has 1 nitrogen and oxygen atoms in total. The number of hydrogen-bond donors (Lipinski definition) is 1. The number of rotatable bonds is 3. The molecular weight excluding hydrogens is 227 g/mol. The van der Waals surface area contributed by atoms with E-state index < -0.39 is 6.10 Å². The van der Waals surface area contributed by atoms with Gasteiger partial charge >= 0.3 is 0 Å². The molecule has 0 aliphatic heterocycles. The first-order valence-electron chi connectivity index (χ1n) is 6.14. The van der Waals surface area contributed by atoms with Gasteiger partial charge in [-0.15, -0.1) is 0 Å². The van der Waals surface area contributed by atoms with E-state index in [9.17, 15) is 9.50 Å². The molecule has 0 spiro atoms. The van der Waals surface area contributed by atoms with Crippen molar-refractivity contribution >= 4 is 0 Å². The number of hydrogen-bond acceptors (Lipinski definition) is 1.